The molecule has 0 unspecified atom stereocenters. The molecule has 0 aliphatic heterocycles. The lowest BCUT2D eigenvalue weighted by Gasteiger charge is -2.12. The summed E-state index contributed by atoms with van der Waals surface area (Å²) < 4.78 is 32.3. The molecule has 0 atom stereocenters. The number of benzene rings is 2. The fraction of sp³-hybridized carbons (Fsp3) is 0.150. The van der Waals surface area contributed by atoms with Crippen LogP contribution in [-0.2, 0) is 16.6 Å². The Morgan fingerprint density at radius 3 is 2.21 bits per heavy atom. The van der Waals surface area contributed by atoms with E-state index in [2.05, 4.69) is 21.4 Å². The summed E-state index contributed by atoms with van der Waals surface area (Å²) >= 11 is 5.33. The quantitative estimate of drug-likeness (QED) is 0.524. The van der Waals surface area contributed by atoms with Gasteiger partial charge in [0.25, 0.3) is 0 Å². The van der Waals surface area contributed by atoms with Gasteiger partial charge < -0.3 is 15.1 Å². The van der Waals surface area contributed by atoms with Crippen LogP contribution in [0.1, 0.15) is 16.9 Å². The number of sulfonamides is 1. The SMILES string of the molecule is Cc1cc(C)cc(NC(=S)Nc2ccc(S(=O)(=O)NCc3ccco3)cc2)c1. The lowest BCUT2D eigenvalue weighted by molar-refractivity contribution is 0.498. The zero-order valence-electron chi connectivity index (χ0n) is 15.5. The topological polar surface area (TPSA) is 83.4 Å². The third-order valence-corrected chi connectivity index (χ3v) is 5.54. The van der Waals surface area contributed by atoms with Gasteiger partial charge in [-0.3, -0.25) is 0 Å². The normalized spacial score (nSPS) is 11.2. The Morgan fingerprint density at radius 2 is 1.61 bits per heavy atom. The molecule has 0 aliphatic carbocycles. The third-order valence-electron chi connectivity index (χ3n) is 3.92. The van der Waals surface area contributed by atoms with Gasteiger partial charge in [-0.25, -0.2) is 13.1 Å². The third kappa shape index (κ3) is 5.41. The summed E-state index contributed by atoms with van der Waals surface area (Å²) in [5.74, 6) is 0.546. The van der Waals surface area contributed by atoms with Gasteiger partial charge >= 0.3 is 0 Å². The van der Waals surface area contributed by atoms with Crippen molar-refractivity contribution in [3.8, 4) is 0 Å². The van der Waals surface area contributed by atoms with E-state index in [0.29, 0.717) is 16.6 Å². The second kappa shape index (κ2) is 8.55. The van der Waals surface area contributed by atoms with Crippen LogP contribution in [0.3, 0.4) is 0 Å². The minimum atomic E-state index is -3.63. The van der Waals surface area contributed by atoms with Crippen molar-refractivity contribution in [2.45, 2.75) is 25.3 Å². The largest absolute Gasteiger partial charge is 0.468 e. The van der Waals surface area contributed by atoms with Gasteiger partial charge in [-0.2, -0.15) is 0 Å². The van der Waals surface area contributed by atoms with Gasteiger partial charge in [0.15, 0.2) is 5.11 Å². The van der Waals surface area contributed by atoms with Gasteiger partial charge in [-0.05, 0) is 85.7 Å². The lowest BCUT2D eigenvalue weighted by atomic mass is 10.1. The van der Waals surface area contributed by atoms with Crippen molar-refractivity contribution in [1.82, 2.24) is 4.72 Å². The Hall–Kier alpha value is -2.68. The van der Waals surface area contributed by atoms with Crippen molar-refractivity contribution < 1.29 is 12.8 Å². The number of anilines is 2. The van der Waals surface area contributed by atoms with Gasteiger partial charge in [0.2, 0.25) is 10.0 Å². The first-order valence-electron chi connectivity index (χ1n) is 8.60. The van der Waals surface area contributed by atoms with E-state index in [1.807, 2.05) is 26.0 Å². The van der Waals surface area contributed by atoms with Crippen molar-refractivity contribution in [3.05, 3.63) is 77.7 Å². The van der Waals surface area contributed by atoms with Crippen molar-refractivity contribution in [2.24, 2.45) is 0 Å². The molecule has 6 nitrogen and oxygen atoms in total. The molecule has 3 aromatic rings. The highest BCUT2D eigenvalue weighted by Crippen LogP contribution is 2.17. The monoisotopic (exact) mass is 415 g/mol. The van der Waals surface area contributed by atoms with E-state index in [-0.39, 0.29) is 11.4 Å². The number of aryl methyl sites for hydroxylation is 2. The van der Waals surface area contributed by atoms with Crippen LogP contribution >= 0.6 is 12.2 Å². The van der Waals surface area contributed by atoms with E-state index in [9.17, 15) is 8.42 Å². The van der Waals surface area contributed by atoms with Gasteiger partial charge in [0, 0.05) is 11.4 Å². The molecule has 0 spiro atoms. The predicted octanol–water partition coefficient (Wildman–Crippen LogP) is 4.18. The van der Waals surface area contributed by atoms with E-state index in [1.165, 1.54) is 18.4 Å². The number of rotatable bonds is 6. The fourth-order valence-corrected chi connectivity index (χ4v) is 3.95. The molecular weight excluding hydrogens is 394 g/mol. The molecule has 28 heavy (non-hydrogen) atoms. The van der Waals surface area contributed by atoms with Crippen LogP contribution in [0.5, 0.6) is 0 Å². The van der Waals surface area contributed by atoms with E-state index in [1.54, 1.807) is 24.3 Å². The number of hydrogen-bond acceptors (Lipinski definition) is 4. The van der Waals surface area contributed by atoms with Crippen molar-refractivity contribution in [2.75, 3.05) is 10.6 Å². The Balaban J connectivity index is 1.61. The summed E-state index contributed by atoms with van der Waals surface area (Å²) in [6.45, 7) is 4.14. The average molecular weight is 416 g/mol. The second-order valence-electron chi connectivity index (χ2n) is 6.38. The zero-order valence-corrected chi connectivity index (χ0v) is 17.2. The van der Waals surface area contributed by atoms with E-state index in [0.717, 1.165) is 16.8 Å². The maximum absolute atomic E-state index is 12.4. The minimum absolute atomic E-state index is 0.0965. The summed E-state index contributed by atoms with van der Waals surface area (Å²) in [5, 5.41) is 6.61. The maximum atomic E-state index is 12.4. The first-order valence-corrected chi connectivity index (χ1v) is 10.5. The molecule has 8 heteroatoms. The van der Waals surface area contributed by atoms with Gasteiger partial charge in [-0.15, -0.1) is 0 Å². The average Bonchev–Trinajstić information content (AvgIpc) is 3.13. The van der Waals surface area contributed by atoms with Crippen molar-refractivity contribution >= 4 is 38.7 Å². The number of thiocarbonyl (C=S) groups is 1. The summed E-state index contributed by atoms with van der Waals surface area (Å²) in [7, 11) is -3.63. The summed E-state index contributed by atoms with van der Waals surface area (Å²) in [6, 6.07) is 15.9. The zero-order chi connectivity index (χ0) is 20.1. The molecule has 3 rings (SSSR count). The highest BCUT2D eigenvalue weighted by atomic mass is 32.2. The summed E-state index contributed by atoms with van der Waals surface area (Å²) in [4.78, 5) is 0.165. The van der Waals surface area contributed by atoms with E-state index >= 15 is 0 Å². The van der Waals surface area contributed by atoms with Crippen molar-refractivity contribution in [3.63, 3.8) is 0 Å². The molecule has 0 radical (unpaired) electrons. The second-order valence-corrected chi connectivity index (χ2v) is 8.56. The number of furan rings is 1. The Kier molecular flexibility index (Phi) is 6.13. The molecule has 1 heterocycles. The van der Waals surface area contributed by atoms with Crippen LogP contribution in [0.15, 0.2) is 70.2 Å². The molecule has 0 amide bonds. The van der Waals surface area contributed by atoms with Crippen LogP contribution < -0.4 is 15.4 Å². The predicted molar refractivity (Wildman–Crippen MR) is 115 cm³/mol. The van der Waals surface area contributed by atoms with Crippen LogP contribution in [0.2, 0.25) is 0 Å². The van der Waals surface area contributed by atoms with Gasteiger partial charge in [0.05, 0.1) is 17.7 Å². The highest BCUT2D eigenvalue weighted by Gasteiger charge is 2.14. The Morgan fingerprint density at radius 1 is 0.964 bits per heavy atom. The molecular formula is C20H21N3O3S2. The van der Waals surface area contributed by atoms with Gasteiger partial charge in [-0.1, -0.05) is 6.07 Å². The molecule has 0 saturated carbocycles. The summed E-state index contributed by atoms with van der Waals surface area (Å²) in [6.07, 6.45) is 1.50. The molecule has 0 aliphatic rings. The first-order chi connectivity index (χ1) is 13.3. The molecule has 0 fully saturated rings. The van der Waals surface area contributed by atoms with E-state index in [4.69, 9.17) is 16.6 Å². The lowest BCUT2D eigenvalue weighted by Crippen LogP contribution is -2.23. The Bertz CT molecular complexity index is 1040. The Labute approximate surface area is 170 Å². The molecule has 1 aromatic heterocycles. The molecule has 0 bridgehead atoms. The summed E-state index contributed by atoms with van der Waals surface area (Å²) in [5.41, 5.74) is 3.87. The first kappa shape index (κ1) is 20.1. The molecule has 0 saturated heterocycles. The van der Waals surface area contributed by atoms with Crippen LogP contribution in [-0.4, -0.2) is 13.5 Å². The molecule has 2 aromatic carbocycles. The maximum Gasteiger partial charge on any atom is 0.240 e. The van der Waals surface area contributed by atoms with Crippen LogP contribution in [0.25, 0.3) is 0 Å². The minimum Gasteiger partial charge on any atom is -0.468 e. The van der Waals surface area contributed by atoms with Crippen LogP contribution in [0, 0.1) is 13.8 Å². The fourth-order valence-electron chi connectivity index (χ4n) is 2.72. The highest BCUT2D eigenvalue weighted by molar-refractivity contribution is 7.89. The number of nitrogens with one attached hydrogen (secondary N) is 3. The van der Waals surface area contributed by atoms with E-state index < -0.39 is 10.0 Å². The number of hydrogen-bond donors (Lipinski definition) is 3. The smallest absolute Gasteiger partial charge is 0.240 e. The standard InChI is InChI=1S/C20H21N3O3S2/c1-14-10-15(2)12-17(11-14)23-20(27)22-16-5-7-19(8-6-16)28(24,25)21-13-18-4-3-9-26-18/h3-12,21H,13H2,1-2H3,(H2,22,23,27). The molecule has 3 N–H and O–H groups in total. The van der Waals surface area contributed by atoms with Crippen LogP contribution in [0.4, 0.5) is 11.4 Å². The van der Waals surface area contributed by atoms with Gasteiger partial charge in [0.1, 0.15) is 5.76 Å². The molecule has 146 valence electrons. The van der Waals surface area contributed by atoms with Crippen molar-refractivity contribution in [1.29, 1.82) is 0 Å².